The number of hydrogen-bond acceptors (Lipinski definition) is 2. The molecule has 20 heavy (non-hydrogen) atoms. The molecule has 4 nitrogen and oxygen atoms in total. The van der Waals surface area contributed by atoms with Gasteiger partial charge in [0.1, 0.15) is 5.82 Å². The highest BCUT2D eigenvalue weighted by molar-refractivity contribution is 9.10. The molecule has 0 aliphatic heterocycles. The number of hydrogen-bond donors (Lipinski definition) is 2. The lowest BCUT2D eigenvalue weighted by atomic mass is 10.2. The molecule has 1 saturated carbocycles. The Balaban J connectivity index is 1.81. The largest absolute Gasteiger partial charge is 0.391 e. The normalized spacial score (nSPS) is 15.8. The Bertz CT molecular complexity index is 474. The van der Waals surface area contributed by atoms with Gasteiger partial charge in [-0.1, -0.05) is 15.9 Å². The predicted molar refractivity (Wildman–Crippen MR) is 77.7 cm³/mol. The van der Waals surface area contributed by atoms with Gasteiger partial charge in [0, 0.05) is 24.6 Å². The van der Waals surface area contributed by atoms with Crippen LogP contribution in [0.2, 0.25) is 0 Å². The molecule has 1 aromatic carbocycles. The summed E-state index contributed by atoms with van der Waals surface area (Å²) in [6.07, 6.45) is 1.62. The van der Waals surface area contributed by atoms with Crippen LogP contribution in [0.5, 0.6) is 0 Å². The van der Waals surface area contributed by atoms with Crippen molar-refractivity contribution in [1.82, 2.24) is 10.2 Å². The highest BCUT2D eigenvalue weighted by atomic mass is 79.9. The molecule has 1 aliphatic rings. The van der Waals surface area contributed by atoms with E-state index in [9.17, 15) is 14.3 Å². The van der Waals surface area contributed by atoms with Crippen LogP contribution in [-0.2, 0) is 6.54 Å². The Labute approximate surface area is 126 Å². The molecule has 0 bridgehead atoms. The van der Waals surface area contributed by atoms with Crippen molar-refractivity contribution in [2.24, 2.45) is 5.92 Å². The smallest absolute Gasteiger partial charge is 0.317 e. The first kappa shape index (κ1) is 15.3. The first-order valence-electron chi connectivity index (χ1n) is 6.57. The summed E-state index contributed by atoms with van der Waals surface area (Å²) in [5.74, 6) is -0.00874. The Morgan fingerprint density at radius 1 is 1.55 bits per heavy atom. The second-order valence-electron chi connectivity index (χ2n) is 5.22. The summed E-state index contributed by atoms with van der Waals surface area (Å²) < 4.78 is 13.8. The molecule has 0 spiro atoms. The summed E-state index contributed by atoms with van der Waals surface area (Å²) >= 11 is 3.21. The number of amides is 2. The summed E-state index contributed by atoms with van der Waals surface area (Å²) in [4.78, 5) is 13.3. The summed E-state index contributed by atoms with van der Waals surface area (Å²) in [5, 5.41) is 12.5. The SMILES string of the molecule is CN(CC(O)C1CC1)C(=O)NCc1cc(F)cc(Br)c1. The fourth-order valence-electron chi connectivity index (χ4n) is 2.02. The third kappa shape index (κ3) is 4.45. The van der Waals surface area contributed by atoms with Crippen LogP contribution >= 0.6 is 15.9 Å². The van der Waals surface area contributed by atoms with Crippen molar-refractivity contribution >= 4 is 22.0 Å². The fraction of sp³-hybridized carbons (Fsp3) is 0.500. The zero-order valence-corrected chi connectivity index (χ0v) is 12.9. The number of carbonyl (C=O) groups excluding carboxylic acids is 1. The zero-order chi connectivity index (χ0) is 14.7. The molecule has 1 atom stereocenters. The number of aliphatic hydroxyl groups excluding tert-OH is 1. The lowest BCUT2D eigenvalue weighted by molar-refractivity contribution is 0.113. The van der Waals surface area contributed by atoms with Crippen molar-refractivity contribution in [2.45, 2.75) is 25.5 Å². The van der Waals surface area contributed by atoms with Crippen LogP contribution in [0.3, 0.4) is 0 Å². The Morgan fingerprint density at radius 3 is 2.85 bits per heavy atom. The minimum atomic E-state index is -0.450. The maximum absolute atomic E-state index is 13.2. The number of urea groups is 1. The molecule has 0 heterocycles. The van der Waals surface area contributed by atoms with Crippen molar-refractivity contribution in [3.05, 3.63) is 34.1 Å². The Hall–Kier alpha value is -1.14. The van der Waals surface area contributed by atoms with Crippen LogP contribution in [0.1, 0.15) is 18.4 Å². The van der Waals surface area contributed by atoms with Crippen LogP contribution in [0.25, 0.3) is 0 Å². The second kappa shape index (κ2) is 6.54. The monoisotopic (exact) mass is 344 g/mol. The first-order valence-corrected chi connectivity index (χ1v) is 7.37. The van der Waals surface area contributed by atoms with Gasteiger partial charge in [-0.05, 0) is 42.5 Å². The van der Waals surface area contributed by atoms with Crippen LogP contribution < -0.4 is 5.32 Å². The minimum absolute atomic E-state index is 0.249. The van der Waals surface area contributed by atoms with Gasteiger partial charge in [-0.25, -0.2) is 9.18 Å². The second-order valence-corrected chi connectivity index (χ2v) is 6.14. The van der Waals surface area contributed by atoms with E-state index in [0.29, 0.717) is 22.5 Å². The molecule has 2 rings (SSSR count). The molecule has 1 fully saturated rings. The van der Waals surface area contributed by atoms with E-state index in [1.807, 2.05) is 0 Å². The lowest BCUT2D eigenvalue weighted by Crippen LogP contribution is -2.41. The topological polar surface area (TPSA) is 52.6 Å². The van der Waals surface area contributed by atoms with E-state index in [1.54, 1.807) is 13.1 Å². The first-order chi connectivity index (χ1) is 9.45. The summed E-state index contributed by atoms with van der Waals surface area (Å²) in [7, 11) is 1.64. The maximum Gasteiger partial charge on any atom is 0.317 e. The fourth-order valence-corrected chi connectivity index (χ4v) is 2.53. The number of rotatable bonds is 5. The van der Waals surface area contributed by atoms with Crippen LogP contribution in [-0.4, -0.2) is 35.7 Å². The van der Waals surface area contributed by atoms with E-state index in [4.69, 9.17) is 0 Å². The van der Waals surface area contributed by atoms with Gasteiger partial charge < -0.3 is 15.3 Å². The van der Waals surface area contributed by atoms with Crippen LogP contribution in [0, 0.1) is 11.7 Å². The van der Waals surface area contributed by atoms with Gasteiger partial charge in [0.25, 0.3) is 0 Å². The third-order valence-corrected chi connectivity index (χ3v) is 3.80. The Kier molecular flexibility index (Phi) is 4.99. The molecule has 0 saturated heterocycles. The zero-order valence-electron chi connectivity index (χ0n) is 11.3. The summed E-state index contributed by atoms with van der Waals surface area (Å²) in [6, 6.07) is 4.22. The Morgan fingerprint density at radius 2 is 2.25 bits per heavy atom. The maximum atomic E-state index is 13.2. The van der Waals surface area contributed by atoms with E-state index in [1.165, 1.54) is 17.0 Å². The molecule has 1 aliphatic carbocycles. The van der Waals surface area contributed by atoms with Crippen molar-refractivity contribution in [2.75, 3.05) is 13.6 Å². The number of carbonyl (C=O) groups is 1. The number of likely N-dealkylation sites (N-methyl/N-ethyl adjacent to an activating group) is 1. The molecule has 1 unspecified atom stereocenters. The molecule has 0 radical (unpaired) electrons. The highest BCUT2D eigenvalue weighted by Crippen LogP contribution is 2.32. The van der Waals surface area contributed by atoms with Crippen molar-refractivity contribution in [3.63, 3.8) is 0 Å². The van der Waals surface area contributed by atoms with Gasteiger partial charge in [0.2, 0.25) is 0 Å². The molecule has 2 amide bonds. The van der Waals surface area contributed by atoms with E-state index in [-0.39, 0.29) is 18.4 Å². The number of benzene rings is 1. The molecular weight excluding hydrogens is 327 g/mol. The molecule has 110 valence electrons. The van der Waals surface area contributed by atoms with Gasteiger partial charge in [0.05, 0.1) is 6.10 Å². The lowest BCUT2D eigenvalue weighted by Gasteiger charge is -2.21. The number of aliphatic hydroxyl groups is 1. The molecule has 1 aromatic rings. The molecule has 0 aromatic heterocycles. The van der Waals surface area contributed by atoms with Crippen LogP contribution in [0.15, 0.2) is 22.7 Å². The minimum Gasteiger partial charge on any atom is -0.391 e. The quantitative estimate of drug-likeness (QED) is 0.862. The molecule has 2 N–H and O–H groups in total. The third-order valence-electron chi connectivity index (χ3n) is 3.34. The molecular formula is C14H18BrFN2O2. The van der Waals surface area contributed by atoms with Gasteiger partial charge in [-0.15, -0.1) is 0 Å². The number of nitrogens with zero attached hydrogens (tertiary/aromatic N) is 1. The highest BCUT2D eigenvalue weighted by Gasteiger charge is 2.31. The van der Waals surface area contributed by atoms with E-state index in [2.05, 4.69) is 21.2 Å². The standard InChI is InChI=1S/C14H18BrFN2O2/c1-18(8-13(19)10-2-3-10)14(20)17-7-9-4-11(15)6-12(16)5-9/h4-6,10,13,19H,2-3,7-8H2,1H3,(H,17,20). The summed E-state index contributed by atoms with van der Waals surface area (Å²) in [5.41, 5.74) is 0.682. The number of halogens is 2. The van der Waals surface area contributed by atoms with Gasteiger partial charge >= 0.3 is 6.03 Å². The average molecular weight is 345 g/mol. The van der Waals surface area contributed by atoms with E-state index in [0.717, 1.165) is 12.8 Å². The average Bonchev–Trinajstić information content (AvgIpc) is 3.18. The van der Waals surface area contributed by atoms with Gasteiger partial charge in [-0.2, -0.15) is 0 Å². The van der Waals surface area contributed by atoms with Gasteiger partial charge in [0.15, 0.2) is 0 Å². The van der Waals surface area contributed by atoms with E-state index < -0.39 is 6.10 Å². The van der Waals surface area contributed by atoms with Crippen LogP contribution in [0.4, 0.5) is 9.18 Å². The molecule has 6 heteroatoms. The van der Waals surface area contributed by atoms with Crippen molar-refractivity contribution in [1.29, 1.82) is 0 Å². The van der Waals surface area contributed by atoms with Crippen molar-refractivity contribution in [3.8, 4) is 0 Å². The van der Waals surface area contributed by atoms with Crippen molar-refractivity contribution < 1.29 is 14.3 Å². The summed E-state index contributed by atoms with van der Waals surface area (Å²) in [6.45, 7) is 0.572. The number of nitrogens with one attached hydrogen (secondary N) is 1. The predicted octanol–water partition coefficient (Wildman–Crippen LogP) is 2.50. The van der Waals surface area contributed by atoms with E-state index >= 15 is 0 Å². The van der Waals surface area contributed by atoms with Gasteiger partial charge in [-0.3, -0.25) is 0 Å².